The SMILES string of the molecule is CCCSC1=NN2C(=c3ccccc3=NC2/C(C)=C/c2ccccc2)C(=O)N1. The molecule has 0 spiro atoms. The zero-order chi connectivity index (χ0) is 19.5. The van der Waals surface area contributed by atoms with E-state index in [2.05, 4.69) is 30.4 Å². The van der Waals surface area contributed by atoms with Crippen molar-refractivity contribution in [2.24, 2.45) is 10.1 Å². The van der Waals surface area contributed by atoms with Gasteiger partial charge in [0, 0.05) is 11.0 Å². The van der Waals surface area contributed by atoms with E-state index in [0.29, 0.717) is 10.9 Å². The average Bonchev–Trinajstić information content (AvgIpc) is 2.72. The molecule has 1 unspecified atom stereocenters. The second kappa shape index (κ2) is 8.02. The lowest BCUT2D eigenvalue weighted by Gasteiger charge is -2.34. The molecule has 2 aromatic rings. The number of rotatable bonds is 4. The number of carbonyl (C=O) groups excluding carboxylic acids is 1. The highest BCUT2D eigenvalue weighted by atomic mass is 32.2. The minimum Gasteiger partial charge on any atom is -0.298 e. The zero-order valence-corrected chi connectivity index (χ0v) is 16.7. The van der Waals surface area contributed by atoms with Crippen molar-refractivity contribution in [3.8, 4) is 0 Å². The van der Waals surface area contributed by atoms with Crippen molar-refractivity contribution in [2.45, 2.75) is 26.4 Å². The van der Waals surface area contributed by atoms with Gasteiger partial charge in [-0.2, -0.15) is 0 Å². The average molecular weight is 391 g/mol. The molecule has 0 saturated heterocycles. The van der Waals surface area contributed by atoms with Crippen LogP contribution in [-0.2, 0) is 4.79 Å². The third-order valence-corrected chi connectivity index (χ3v) is 5.63. The lowest BCUT2D eigenvalue weighted by molar-refractivity contribution is -0.116. The summed E-state index contributed by atoms with van der Waals surface area (Å²) in [5.41, 5.74) is 2.68. The normalized spacial score (nSPS) is 18.6. The molecule has 1 amide bonds. The Morgan fingerprint density at radius 3 is 2.71 bits per heavy atom. The van der Waals surface area contributed by atoms with Crippen molar-refractivity contribution in [3.63, 3.8) is 0 Å². The monoisotopic (exact) mass is 390 g/mol. The standard InChI is InChI=1S/C22H22N4OS/c1-3-13-28-22-24-21(27)19-17-11-7-8-12-18(17)23-20(26(19)25-22)15(2)14-16-9-5-4-6-10-16/h4-12,14,20H,3,13H2,1-2H3,(H,24,25,27)/b15-14+. The number of hydrogen-bond donors (Lipinski definition) is 1. The van der Waals surface area contributed by atoms with Crippen molar-refractivity contribution in [3.05, 3.63) is 76.3 Å². The number of hydrogen-bond acceptors (Lipinski definition) is 5. The molecular formula is C22H22N4OS. The van der Waals surface area contributed by atoms with Gasteiger partial charge in [0.2, 0.25) is 0 Å². The number of thioether (sulfide) groups is 1. The van der Waals surface area contributed by atoms with Crippen LogP contribution in [0.2, 0.25) is 0 Å². The first kappa shape index (κ1) is 18.5. The zero-order valence-electron chi connectivity index (χ0n) is 15.9. The molecule has 2 heterocycles. The molecule has 0 radical (unpaired) electrons. The van der Waals surface area contributed by atoms with Gasteiger partial charge in [-0.3, -0.25) is 15.1 Å². The van der Waals surface area contributed by atoms with E-state index in [1.807, 2.05) is 49.4 Å². The first-order chi connectivity index (χ1) is 13.7. The number of carbonyl (C=O) groups is 1. The van der Waals surface area contributed by atoms with E-state index in [1.165, 1.54) is 0 Å². The van der Waals surface area contributed by atoms with Crippen molar-refractivity contribution in [1.82, 2.24) is 10.3 Å². The molecule has 0 saturated carbocycles. The summed E-state index contributed by atoms with van der Waals surface area (Å²) in [5, 5.41) is 11.7. The first-order valence-corrected chi connectivity index (χ1v) is 10.4. The lowest BCUT2D eigenvalue weighted by Crippen LogP contribution is -2.52. The van der Waals surface area contributed by atoms with E-state index < -0.39 is 0 Å². The lowest BCUT2D eigenvalue weighted by atomic mass is 10.1. The Balaban J connectivity index is 1.84. The fourth-order valence-electron chi connectivity index (χ4n) is 3.27. The highest BCUT2D eigenvalue weighted by Crippen LogP contribution is 2.25. The predicted molar refractivity (Wildman–Crippen MR) is 115 cm³/mol. The van der Waals surface area contributed by atoms with Gasteiger partial charge in [0.25, 0.3) is 5.91 Å². The first-order valence-electron chi connectivity index (χ1n) is 9.40. The number of amidine groups is 1. The molecule has 1 atom stereocenters. The van der Waals surface area contributed by atoms with Crippen LogP contribution in [0.15, 0.2) is 70.3 Å². The third kappa shape index (κ3) is 3.60. The van der Waals surface area contributed by atoms with E-state index >= 15 is 0 Å². The summed E-state index contributed by atoms with van der Waals surface area (Å²) < 4.78 is 0. The molecule has 28 heavy (non-hydrogen) atoms. The maximum Gasteiger partial charge on any atom is 0.276 e. The Morgan fingerprint density at radius 1 is 1.18 bits per heavy atom. The Hall–Kier alpha value is -2.86. The Morgan fingerprint density at radius 2 is 1.93 bits per heavy atom. The number of hydrazone groups is 1. The molecule has 2 aliphatic heterocycles. The molecule has 1 N–H and O–H groups in total. The summed E-state index contributed by atoms with van der Waals surface area (Å²) in [6.45, 7) is 4.14. The maximum absolute atomic E-state index is 12.9. The van der Waals surface area contributed by atoms with Crippen LogP contribution in [0.5, 0.6) is 0 Å². The molecule has 2 aromatic carbocycles. The number of nitrogens with zero attached hydrogens (tertiary/aromatic N) is 3. The molecule has 2 aliphatic rings. The van der Waals surface area contributed by atoms with Gasteiger partial charge in [-0.05, 0) is 30.5 Å². The molecular weight excluding hydrogens is 368 g/mol. The van der Waals surface area contributed by atoms with Crippen LogP contribution < -0.4 is 15.9 Å². The quantitative estimate of drug-likeness (QED) is 0.873. The van der Waals surface area contributed by atoms with E-state index in [1.54, 1.807) is 16.8 Å². The van der Waals surface area contributed by atoms with Gasteiger partial charge in [0.05, 0.1) is 5.36 Å². The van der Waals surface area contributed by atoms with E-state index in [4.69, 9.17) is 10.1 Å². The Labute approximate surface area is 168 Å². The topological polar surface area (TPSA) is 57.1 Å². The summed E-state index contributed by atoms with van der Waals surface area (Å²) in [7, 11) is 0. The van der Waals surface area contributed by atoms with Crippen LogP contribution in [0.25, 0.3) is 11.8 Å². The highest BCUT2D eigenvalue weighted by molar-refractivity contribution is 8.13. The summed E-state index contributed by atoms with van der Waals surface area (Å²) in [5.74, 6) is 0.771. The summed E-state index contributed by atoms with van der Waals surface area (Å²) in [6.07, 6.45) is 2.76. The molecule has 0 bridgehead atoms. The Kier molecular flexibility index (Phi) is 5.30. The second-order valence-corrected chi connectivity index (χ2v) is 7.80. The van der Waals surface area contributed by atoms with Crippen LogP contribution in [0.4, 0.5) is 0 Å². The number of nitrogens with one attached hydrogen (secondary N) is 1. The third-order valence-electron chi connectivity index (χ3n) is 4.56. The number of fused-ring (bicyclic) bond motifs is 2. The molecule has 4 rings (SSSR count). The highest BCUT2D eigenvalue weighted by Gasteiger charge is 2.34. The number of amides is 1. The van der Waals surface area contributed by atoms with Crippen LogP contribution in [0, 0.1) is 0 Å². The van der Waals surface area contributed by atoms with Gasteiger partial charge in [0.1, 0.15) is 5.70 Å². The van der Waals surface area contributed by atoms with Gasteiger partial charge in [0.15, 0.2) is 11.3 Å². The minimum absolute atomic E-state index is 0.131. The molecule has 6 heteroatoms. The van der Waals surface area contributed by atoms with Crippen LogP contribution in [0.3, 0.4) is 0 Å². The van der Waals surface area contributed by atoms with Crippen LogP contribution in [0.1, 0.15) is 25.8 Å². The Bertz CT molecular complexity index is 1080. The van der Waals surface area contributed by atoms with Crippen molar-refractivity contribution in [1.29, 1.82) is 0 Å². The van der Waals surface area contributed by atoms with Gasteiger partial charge in [-0.25, -0.2) is 5.01 Å². The van der Waals surface area contributed by atoms with Gasteiger partial charge >= 0.3 is 0 Å². The van der Waals surface area contributed by atoms with Gasteiger partial charge < -0.3 is 0 Å². The van der Waals surface area contributed by atoms with Gasteiger partial charge in [-0.15, -0.1) is 5.10 Å². The molecule has 0 aliphatic carbocycles. The van der Waals surface area contributed by atoms with Crippen molar-refractivity contribution < 1.29 is 4.79 Å². The van der Waals surface area contributed by atoms with Crippen LogP contribution >= 0.6 is 11.8 Å². The van der Waals surface area contributed by atoms with Crippen molar-refractivity contribution >= 4 is 34.6 Å². The molecule has 5 nitrogen and oxygen atoms in total. The molecule has 142 valence electrons. The van der Waals surface area contributed by atoms with Crippen LogP contribution in [-0.4, -0.2) is 28.0 Å². The summed E-state index contributed by atoms with van der Waals surface area (Å²) in [4.78, 5) is 17.9. The molecule has 0 aromatic heterocycles. The van der Waals surface area contributed by atoms with E-state index in [-0.39, 0.29) is 12.1 Å². The second-order valence-electron chi connectivity index (χ2n) is 6.72. The van der Waals surface area contributed by atoms with E-state index in [9.17, 15) is 4.79 Å². The number of para-hydroxylation sites is 1. The maximum atomic E-state index is 12.9. The number of benzene rings is 2. The van der Waals surface area contributed by atoms with Gasteiger partial charge in [-0.1, -0.05) is 73.3 Å². The van der Waals surface area contributed by atoms with E-state index in [0.717, 1.165) is 33.9 Å². The fraction of sp³-hybridized carbons (Fsp3) is 0.227. The molecule has 0 fully saturated rings. The predicted octanol–water partition coefficient (Wildman–Crippen LogP) is 2.70. The summed E-state index contributed by atoms with van der Waals surface area (Å²) in [6, 6.07) is 17.9. The summed E-state index contributed by atoms with van der Waals surface area (Å²) >= 11 is 1.56. The smallest absolute Gasteiger partial charge is 0.276 e. The fourth-order valence-corrected chi connectivity index (χ4v) is 3.98. The van der Waals surface area contributed by atoms with Crippen molar-refractivity contribution in [2.75, 3.05) is 5.75 Å². The minimum atomic E-state index is -0.353. The largest absolute Gasteiger partial charge is 0.298 e.